The Balaban J connectivity index is 2.40. The van der Waals surface area contributed by atoms with E-state index in [2.05, 4.69) is 4.74 Å². The fourth-order valence-electron chi connectivity index (χ4n) is 2.05. The molecular weight excluding hydrogens is 250 g/mol. The molecule has 0 spiro atoms. The van der Waals surface area contributed by atoms with Crippen LogP contribution in [0.15, 0.2) is 0 Å². The molecule has 110 valence electrons. The van der Waals surface area contributed by atoms with E-state index < -0.39 is 0 Å². The number of carbonyl (C=O) groups excluding carboxylic acids is 2. The molecule has 0 aromatic rings. The van der Waals surface area contributed by atoms with Crippen LogP contribution in [0, 0.1) is 0 Å². The average Bonchev–Trinajstić information content (AvgIpc) is 2.88. The van der Waals surface area contributed by atoms with Crippen LogP contribution in [-0.2, 0) is 23.8 Å². The molecule has 1 aliphatic heterocycles. The molecule has 19 heavy (non-hydrogen) atoms. The fraction of sp³-hybridized carbons (Fsp3) is 0.846. The van der Waals surface area contributed by atoms with Crippen molar-refractivity contribution in [2.24, 2.45) is 0 Å². The zero-order chi connectivity index (χ0) is 14.1. The number of hydrogen-bond donors (Lipinski definition) is 0. The van der Waals surface area contributed by atoms with Gasteiger partial charge in [0.2, 0.25) is 0 Å². The third-order valence-corrected chi connectivity index (χ3v) is 3.00. The molecular formula is C13H23NO5. The van der Waals surface area contributed by atoms with E-state index in [1.807, 2.05) is 4.90 Å². The summed E-state index contributed by atoms with van der Waals surface area (Å²) in [7, 11) is 1.36. The summed E-state index contributed by atoms with van der Waals surface area (Å²) in [5.74, 6) is -0.549. The van der Waals surface area contributed by atoms with Crippen LogP contribution in [0.3, 0.4) is 0 Å². The highest BCUT2D eigenvalue weighted by Gasteiger charge is 2.21. The van der Waals surface area contributed by atoms with Crippen molar-refractivity contribution in [2.45, 2.75) is 32.3 Å². The highest BCUT2D eigenvalue weighted by atomic mass is 16.5. The SMILES string of the molecule is CCOC(=O)CN(CCC(=O)OC)CC1CCCO1. The highest BCUT2D eigenvalue weighted by Crippen LogP contribution is 2.13. The third-order valence-electron chi connectivity index (χ3n) is 3.00. The molecule has 6 nitrogen and oxygen atoms in total. The monoisotopic (exact) mass is 273 g/mol. The van der Waals surface area contributed by atoms with Crippen LogP contribution < -0.4 is 0 Å². The van der Waals surface area contributed by atoms with Crippen LogP contribution >= 0.6 is 0 Å². The molecule has 1 heterocycles. The predicted octanol–water partition coefficient (Wildman–Crippen LogP) is 0.594. The first-order valence-electron chi connectivity index (χ1n) is 6.72. The van der Waals surface area contributed by atoms with E-state index in [1.54, 1.807) is 6.92 Å². The Morgan fingerprint density at radius 3 is 2.74 bits per heavy atom. The summed E-state index contributed by atoms with van der Waals surface area (Å²) in [4.78, 5) is 24.6. The standard InChI is InChI=1S/C13H23NO5/c1-3-18-13(16)10-14(7-6-12(15)17-2)9-11-5-4-8-19-11/h11H,3-10H2,1-2H3. The van der Waals surface area contributed by atoms with Crippen molar-refractivity contribution in [3.05, 3.63) is 0 Å². The van der Waals surface area contributed by atoms with Crippen molar-refractivity contribution >= 4 is 11.9 Å². The number of esters is 2. The van der Waals surface area contributed by atoms with Crippen LogP contribution in [0.25, 0.3) is 0 Å². The fourth-order valence-corrected chi connectivity index (χ4v) is 2.05. The molecule has 1 unspecified atom stereocenters. The molecule has 1 atom stereocenters. The second-order valence-corrected chi connectivity index (χ2v) is 4.50. The molecule has 1 fully saturated rings. The summed E-state index contributed by atoms with van der Waals surface area (Å²) in [6, 6.07) is 0. The summed E-state index contributed by atoms with van der Waals surface area (Å²) >= 11 is 0. The van der Waals surface area contributed by atoms with E-state index in [0.29, 0.717) is 19.7 Å². The van der Waals surface area contributed by atoms with Gasteiger partial charge in [0, 0.05) is 19.7 Å². The first-order valence-corrected chi connectivity index (χ1v) is 6.72. The van der Waals surface area contributed by atoms with Gasteiger partial charge in [-0.1, -0.05) is 0 Å². The summed E-state index contributed by atoms with van der Waals surface area (Å²) in [6.07, 6.45) is 2.46. The van der Waals surface area contributed by atoms with E-state index in [0.717, 1.165) is 19.4 Å². The van der Waals surface area contributed by atoms with Crippen molar-refractivity contribution < 1.29 is 23.8 Å². The molecule has 1 saturated heterocycles. The van der Waals surface area contributed by atoms with Crippen molar-refractivity contribution in [1.82, 2.24) is 4.90 Å². The van der Waals surface area contributed by atoms with E-state index in [-0.39, 0.29) is 31.0 Å². The van der Waals surface area contributed by atoms with Crippen molar-refractivity contribution in [1.29, 1.82) is 0 Å². The Morgan fingerprint density at radius 1 is 1.37 bits per heavy atom. The molecule has 0 radical (unpaired) electrons. The third kappa shape index (κ3) is 6.54. The maximum absolute atomic E-state index is 11.5. The van der Waals surface area contributed by atoms with Gasteiger partial charge in [0.05, 0.1) is 32.8 Å². The number of rotatable bonds is 8. The Kier molecular flexibility index (Phi) is 7.43. The van der Waals surface area contributed by atoms with Gasteiger partial charge in [-0.15, -0.1) is 0 Å². The lowest BCUT2D eigenvalue weighted by atomic mass is 10.2. The lowest BCUT2D eigenvalue weighted by Gasteiger charge is -2.23. The Labute approximate surface area is 114 Å². The van der Waals surface area contributed by atoms with Gasteiger partial charge in [0.25, 0.3) is 0 Å². The van der Waals surface area contributed by atoms with E-state index >= 15 is 0 Å². The van der Waals surface area contributed by atoms with Gasteiger partial charge < -0.3 is 14.2 Å². The van der Waals surface area contributed by atoms with Crippen molar-refractivity contribution in [3.63, 3.8) is 0 Å². The van der Waals surface area contributed by atoms with Crippen LogP contribution in [0.4, 0.5) is 0 Å². The van der Waals surface area contributed by atoms with Gasteiger partial charge in [-0.2, -0.15) is 0 Å². The molecule has 0 aromatic carbocycles. The maximum Gasteiger partial charge on any atom is 0.320 e. The number of carbonyl (C=O) groups is 2. The van der Waals surface area contributed by atoms with Crippen molar-refractivity contribution in [3.8, 4) is 0 Å². The maximum atomic E-state index is 11.5. The molecule has 1 aliphatic rings. The zero-order valence-corrected chi connectivity index (χ0v) is 11.7. The highest BCUT2D eigenvalue weighted by molar-refractivity contribution is 5.72. The molecule has 1 rings (SSSR count). The summed E-state index contributed by atoms with van der Waals surface area (Å²) in [6.45, 7) is 4.22. The molecule has 0 aliphatic carbocycles. The molecule has 0 N–H and O–H groups in total. The second kappa shape index (κ2) is 8.87. The predicted molar refractivity (Wildman–Crippen MR) is 68.7 cm³/mol. The Bertz CT molecular complexity index is 289. The van der Waals surface area contributed by atoms with Gasteiger partial charge in [0.15, 0.2) is 0 Å². The Hall–Kier alpha value is -1.14. The second-order valence-electron chi connectivity index (χ2n) is 4.50. The number of methoxy groups -OCH3 is 1. The lowest BCUT2D eigenvalue weighted by Crippen LogP contribution is -2.38. The van der Waals surface area contributed by atoms with Gasteiger partial charge >= 0.3 is 11.9 Å². The number of hydrogen-bond acceptors (Lipinski definition) is 6. The van der Waals surface area contributed by atoms with Crippen LogP contribution in [0.2, 0.25) is 0 Å². The van der Waals surface area contributed by atoms with E-state index in [9.17, 15) is 9.59 Å². The van der Waals surface area contributed by atoms with Gasteiger partial charge in [-0.3, -0.25) is 14.5 Å². The van der Waals surface area contributed by atoms with Crippen LogP contribution in [-0.4, -0.2) is 62.9 Å². The van der Waals surface area contributed by atoms with E-state index in [1.165, 1.54) is 7.11 Å². The van der Waals surface area contributed by atoms with E-state index in [4.69, 9.17) is 9.47 Å². The molecule has 6 heteroatoms. The normalized spacial score (nSPS) is 18.6. The average molecular weight is 273 g/mol. The quantitative estimate of drug-likeness (QED) is 0.603. The molecule has 0 saturated carbocycles. The molecule has 0 bridgehead atoms. The lowest BCUT2D eigenvalue weighted by molar-refractivity contribution is -0.146. The minimum Gasteiger partial charge on any atom is -0.469 e. The summed E-state index contributed by atoms with van der Waals surface area (Å²) < 4.78 is 15.1. The smallest absolute Gasteiger partial charge is 0.320 e. The Morgan fingerprint density at radius 2 is 2.16 bits per heavy atom. The first-order chi connectivity index (χ1) is 9.15. The molecule has 0 amide bonds. The number of nitrogens with zero attached hydrogens (tertiary/aromatic N) is 1. The summed E-state index contributed by atoms with van der Waals surface area (Å²) in [5.41, 5.74) is 0. The van der Waals surface area contributed by atoms with Gasteiger partial charge in [0.1, 0.15) is 0 Å². The van der Waals surface area contributed by atoms with Gasteiger partial charge in [-0.25, -0.2) is 0 Å². The summed E-state index contributed by atoms with van der Waals surface area (Å²) in [5, 5.41) is 0. The zero-order valence-electron chi connectivity index (χ0n) is 11.7. The topological polar surface area (TPSA) is 65.1 Å². The molecule has 0 aromatic heterocycles. The number of ether oxygens (including phenoxy) is 3. The van der Waals surface area contributed by atoms with Gasteiger partial charge in [-0.05, 0) is 19.8 Å². The largest absolute Gasteiger partial charge is 0.469 e. The minimum absolute atomic E-state index is 0.145. The first kappa shape index (κ1) is 15.9. The van der Waals surface area contributed by atoms with Crippen molar-refractivity contribution in [2.75, 3.05) is 40.0 Å². The van der Waals surface area contributed by atoms with Crippen LogP contribution in [0.5, 0.6) is 0 Å². The van der Waals surface area contributed by atoms with Crippen LogP contribution in [0.1, 0.15) is 26.2 Å². The minimum atomic E-state index is -0.277.